The van der Waals surface area contributed by atoms with Gasteiger partial charge in [0.1, 0.15) is 10.6 Å². The molecule has 6 nitrogen and oxygen atoms in total. The number of nitrogens with two attached hydrogens (primary N) is 1. The fraction of sp³-hybridized carbons (Fsp3) is 0.538. The molecule has 0 aromatic heterocycles. The topological polar surface area (TPSA) is 81.9 Å². The van der Waals surface area contributed by atoms with Gasteiger partial charge < -0.3 is 15.2 Å². The summed E-state index contributed by atoms with van der Waals surface area (Å²) in [6.07, 6.45) is -0.109. The van der Waals surface area contributed by atoms with E-state index in [9.17, 15) is 8.42 Å². The molecule has 1 aromatic carbocycles. The Hall–Kier alpha value is -1.15. The van der Waals surface area contributed by atoms with Crippen LogP contribution < -0.4 is 10.5 Å². The highest BCUT2D eigenvalue weighted by Crippen LogP contribution is 2.28. The van der Waals surface area contributed by atoms with Crippen LogP contribution in [0.5, 0.6) is 5.75 Å². The Labute approximate surface area is 119 Å². The van der Waals surface area contributed by atoms with Crippen LogP contribution in [0.15, 0.2) is 23.1 Å². The van der Waals surface area contributed by atoms with E-state index >= 15 is 0 Å². The number of rotatable bonds is 4. The zero-order valence-corrected chi connectivity index (χ0v) is 12.5. The SMILES string of the molecule is COc1ccc(CN)cc1S(=O)(=O)N1CCOC(C)C1. The van der Waals surface area contributed by atoms with E-state index in [1.165, 1.54) is 11.4 Å². The first-order valence-corrected chi connectivity index (χ1v) is 7.91. The van der Waals surface area contributed by atoms with Gasteiger partial charge in [-0.15, -0.1) is 0 Å². The molecule has 1 aliphatic heterocycles. The number of sulfonamides is 1. The molecule has 7 heteroatoms. The average molecular weight is 300 g/mol. The van der Waals surface area contributed by atoms with Crippen LogP contribution in [-0.2, 0) is 21.3 Å². The molecule has 1 aliphatic rings. The van der Waals surface area contributed by atoms with Gasteiger partial charge in [0.25, 0.3) is 0 Å². The van der Waals surface area contributed by atoms with Crippen molar-refractivity contribution in [3.05, 3.63) is 23.8 Å². The molecule has 1 saturated heterocycles. The van der Waals surface area contributed by atoms with Crippen LogP contribution in [0.1, 0.15) is 12.5 Å². The van der Waals surface area contributed by atoms with E-state index in [4.69, 9.17) is 15.2 Å². The first-order valence-electron chi connectivity index (χ1n) is 6.47. The summed E-state index contributed by atoms with van der Waals surface area (Å²) in [5.74, 6) is 0.335. The predicted molar refractivity (Wildman–Crippen MR) is 75.1 cm³/mol. The summed E-state index contributed by atoms with van der Waals surface area (Å²) in [4.78, 5) is 0.164. The third kappa shape index (κ3) is 2.95. The van der Waals surface area contributed by atoms with Gasteiger partial charge >= 0.3 is 0 Å². The third-order valence-electron chi connectivity index (χ3n) is 3.29. The molecular weight excluding hydrogens is 280 g/mol. The molecule has 112 valence electrons. The van der Waals surface area contributed by atoms with Gasteiger partial charge in [0, 0.05) is 19.6 Å². The fourth-order valence-corrected chi connectivity index (χ4v) is 3.90. The lowest BCUT2D eigenvalue weighted by Gasteiger charge is -2.30. The maximum absolute atomic E-state index is 12.7. The summed E-state index contributed by atoms with van der Waals surface area (Å²) in [5.41, 5.74) is 6.34. The maximum atomic E-state index is 12.7. The molecule has 2 N–H and O–H groups in total. The van der Waals surface area contributed by atoms with Gasteiger partial charge in [0.05, 0.1) is 19.8 Å². The van der Waals surface area contributed by atoms with Gasteiger partial charge in [0.15, 0.2) is 0 Å². The number of hydrogen-bond donors (Lipinski definition) is 1. The van der Waals surface area contributed by atoms with Crippen LogP contribution in [0, 0.1) is 0 Å². The van der Waals surface area contributed by atoms with Crippen LogP contribution in [0.3, 0.4) is 0 Å². The molecule has 1 heterocycles. The predicted octanol–water partition coefficient (Wildman–Crippen LogP) is 0.563. The molecule has 0 radical (unpaired) electrons. The molecule has 1 unspecified atom stereocenters. The van der Waals surface area contributed by atoms with Crippen molar-refractivity contribution in [3.63, 3.8) is 0 Å². The molecule has 0 saturated carbocycles. The highest BCUT2D eigenvalue weighted by molar-refractivity contribution is 7.89. The monoisotopic (exact) mass is 300 g/mol. The molecule has 1 fully saturated rings. The van der Waals surface area contributed by atoms with Gasteiger partial charge in [-0.1, -0.05) is 6.07 Å². The minimum absolute atomic E-state index is 0.109. The Balaban J connectivity index is 2.42. The van der Waals surface area contributed by atoms with Crippen molar-refractivity contribution in [1.29, 1.82) is 0 Å². The number of methoxy groups -OCH3 is 1. The molecule has 0 amide bonds. The molecular formula is C13H20N2O4S. The van der Waals surface area contributed by atoms with Crippen LogP contribution >= 0.6 is 0 Å². The van der Waals surface area contributed by atoms with E-state index < -0.39 is 10.0 Å². The highest BCUT2D eigenvalue weighted by atomic mass is 32.2. The van der Waals surface area contributed by atoms with Gasteiger partial charge in [-0.2, -0.15) is 4.31 Å². The molecule has 1 aromatic rings. The van der Waals surface area contributed by atoms with E-state index in [0.29, 0.717) is 25.4 Å². The lowest BCUT2D eigenvalue weighted by Crippen LogP contribution is -2.44. The van der Waals surface area contributed by atoms with Crippen molar-refractivity contribution in [2.75, 3.05) is 26.8 Å². The highest BCUT2D eigenvalue weighted by Gasteiger charge is 2.31. The first kappa shape index (κ1) is 15.2. The summed E-state index contributed by atoms with van der Waals surface area (Å²) >= 11 is 0. The average Bonchev–Trinajstić information content (AvgIpc) is 2.46. The smallest absolute Gasteiger partial charge is 0.246 e. The van der Waals surface area contributed by atoms with Crippen LogP contribution in [0.25, 0.3) is 0 Å². The van der Waals surface area contributed by atoms with Crippen molar-refractivity contribution in [2.45, 2.75) is 24.5 Å². The minimum Gasteiger partial charge on any atom is -0.495 e. The summed E-state index contributed by atoms with van der Waals surface area (Å²) in [7, 11) is -2.14. The number of ether oxygens (including phenoxy) is 2. The largest absolute Gasteiger partial charge is 0.495 e. The third-order valence-corrected chi connectivity index (χ3v) is 5.17. The molecule has 2 rings (SSSR count). The van der Waals surface area contributed by atoms with Gasteiger partial charge in [-0.25, -0.2) is 8.42 Å². The Morgan fingerprint density at radius 3 is 2.85 bits per heavy atom. The second kappa shape index (κ2) is 6.09. The Morgan fingerprint density at radius 1 is 1.50 bits per heavy atom. The van der Waals surface area contributed by atoms with Gasteiger partial charge in [-0.3, -0.25) is 0 Å². The second-order valence-electron chi connectivity index (χ2n) is 4.73. The van der Waals surface area contributed by atoms with Crippen LogP contribution in [0.4, 0.5) is 0 Å². The lowest BCUT2D eigenvalue weighted by molar-refractivity contribution is 0.0101. The van der Waals surface area contributed by atoms with Crippen molar-refractivity contribution >= 4 is 10.0 Å². The first-order chi connectivity index (χ1) is 9.48. The second-order valence-corrected chi connectivity index (χ2v) is 6.64. The quantitative estimate of drug-likeness (QED) is 0.879. The van der Waals surface area contributed by atoms with Crippen molar-refractivity contribution in [2.24, 2.45) is 5.73 Å². The lowest BCUT2D eigenvalue weighted by atomic mass is 10.2. The Morgan fingerprint density at radius 2 is 2.25 bits per heavy atom. The summed E-state index contributed by atoms with van der Waals surface area (Å²) in [6, 6.07) is 4.98. The molecule has 0 aliphatic carbocycles. The van der Waals surface area contributed by atoms with Crippen molar-refractivity contribution < 1.29 is 17.9 Å². The Kier molecular flexibility index (Phi) is 4.64. The van der Waals surface area contributed by atoms with E-state index in [1.807, 2.05) is 6.92 Å². The van der Waals surface area contributed by atoms with Gasteiger partial charge in [0.2, 0.25) is 10.0 Å². The molecule has 0 bridgehead atoms. The van der Waals surface area contributed by atoms with E-state index in [1.54, 1.807) is 18.2 Å². The number of nitrogens with zero attached hydrogens (tertiary/aromatic N) is 1. The van der Waals surface area contributed by atoms with E-state index in [0.717, 1.165) is 5.56 Å². The normalized spacial score (nSPS) is 20.9. The number of hydrogen-bond acceptors (Lipinski definition) is 5. The number of morpholine rings is 1. The molecule has 1 atom stereocenters. The summed E-state index contributed by atoms with van der Waals surface area (Å²) in [6.45, 7) is 3.24. The summed E-state index contributed by atoms with van der Waals surface area (Å²) < 4.78 is 37.4. The summed E-state index contributed by atoms with van der Waals surface area (Å²) in [5, 5.41) is 0. The zero-order valence-electron chi connectivity index (χ0n) is 11.7. The van der Waals surface area contributed by atoms with E-state index in [-0.39, 0.29) is 17.5 Å². The zero-order chi connectivity index (χ0) is 14.8. The molecule has 20 heavy (non-hydrogen) atoms. The maximum Gasteiger partial charge on any atom is 0.246 e. The van der Waals surface area contributed by atoms with E-state index in [2.05, 4.69) is 0 Å². The van der Waals surface area contributed by atoms with Gasteiger partial charge in [-0.05, 0) is 24.6 Å². The Bertz CT molecular complexity index is 574. The number of benzene rings is 1. The minimum atomic E-state index is -3.60. The molecule has 0 spiro atoms. The van der Waals surface area contributed by atoms with Crippen LogP contribution in [0.2, 0.25) is 0 Å². The van der Waals surface area contributed by atoms with Crippen molar-refractivity contribution in [3.8, 4) is 5.75 Å². The standard InChI is InChI=1S/C13H20N2O4S/c1-10-9-15(5-6-19-10)20(16,17)13-7-11(8-14)3-4-12(13)18-2/h3-4,7,10H,5-6,8-9,14H2,1-2H3. The van der Waals surface area contributed by atoms with Crippen LogP contribution in [-0.4, -0.2) is 45.6 Å². The van der Waals surface area contributed by atoms with Crippen molar-refractivity contribution in [1.82, 2.24) is 4.31 Å². The fourth-order valence-electron chi connectivity index (χ4n) is 2.19.